The van der Waals surface area contributed by atoms with Crippen molar-refractivity contribution in [3.63, 3.8) is 0 Å². The molecule has 0 aliphatic carbocycles. The van der Waals surface area contributed by atoms with Crippen molar-refractivity contribution in [1.82, 2.24) is 24.1 Å². The van der Waals surface area contributed by atoms with Crippen LogP contribution >= 0.6 is 0 Å². The lowest BCUT2D eigenvalue weighted by Crippen LogP contribution is -2.20. The molecule has 5 rings (SSSR count). The maximum Gasteiger partial charge on any atom is 0.416 e. The summed E-state index contributed by atoms with van der Waals surface area (Å²) in [6, 6.07) is 6.46. The molecule has 0 saturated heterocycles. The maximum absolute atomic E-state index is 13.7. The summed E-state index contributed by atoms with van der Waals surface area (Å²) in [7, 11) is 1.51. The first-order valence-corrected chi connectivity index (χ1v) is 10.7. The van der Waals surface area contributed by atoms with E-state index in [1.54, 1.807) is 23.2 Å². The molecule has 1 atom stereocenters. The minimum atomic E-state index is -4.66. The second-order valence-corrected chi connectivity index (χ2v) is 8.25. The molecule has 0 fully saturated rings. The van der Waals surface area contributed by atoms with Crippen molar-refractivity contribution in [3.8, 4) is 23.0 Å². The second-order valence-electron chi connectivity index (χ2n) is 8.25. The zero-order valence-electron chi connectivity index (χ0n) is 18.5. The number of methoxy groups -OCH3 is 1. The molecule has 10 heteroatoms. The van der Waals surface area contributed by atoms with Gasteiger partial charge in [0, 0.05) is 24.9 Å². The minimum absolute atomic E-state index is 0.0309. The molecule has 0 amide bonds. The Balaban J connectivity index is 1.55. The van der Waals surface area contributed by atoms with Crippen molar-refractivity contribution in [3.05, 3.63) is 77.5 Å². The Bertz CT molecular complexity index is 1360. The number of imidazole rings is 2. The summed E-state index contributed by atoms with van der Waals surface area (Å²) < 4.78 is 63.8. The van der Waals surface area contributed by atoms with Crippen LogP contribution in [-0.2, 0) is 12.7 Å². The molecule has 34 heavy (non-hydrogen) atoms. The van der Waals surface area contributed by atoms with Gasteiger partial charge in [-0.1, -0.05) is 6.07 Å². The Hall–Kier alpha value is -3.69. The SMILES string of the molecule is COc1nc(-c2cn3c(n2)[C@@H](c2ccc(F)cc2C(F)(F)F)CCC3)ccc1-n1cnc(C)c1. The van der Waals surface area contributed by atoms with Gasteiger partial charge in [-0.3, -0.25) is 0 Å². The third kappa shape index (κ3) is 3.93. The van der Waals surface area contributed by atoms with Crippen LogP contribution < -0.4 is 4.74 Å². The predicted octanol–water partition coefficient (Wildman–Crippen LogP) is 5.53. The van der Waals surface area contributed by atoms with Crippen LogP contribution in [0.2, 0.25) is 0 Å². The average molecular weight is 471 g/mol. The number of hydrogen-bond donors (Lipinski definition) is 0. The van der Waals surface area contributed by atoms with Gasteiger partial charge in [0.25, 0.3) is 0 Å². The van der Waals surface area contributed by atoms with Gasteiger partial charge in [-0.2, -0.15) is 13.2 Å². The third-order valence-electron chi connectivity index (χ3n) is 5.99. The van der Waals surface area contributed by atoms with Crippen LogP contribution in [0.3, 0.4) is 0 Å². The van der Waals surface area contributed by atoms with E-state index in [9.17, 15) is 17.6 Å². The fourth-order valence-electron chi connectivity index (χ4n) is 4.45. The van der Waals surface area contributed by atoms with Crippen LogP contribution in [0.4, 0.5) is 17.6 Å². The van der Waals surface area contributed by atoms with Crippen molar-refractivity contribution in [2.45, 2.75) is 38.4 Å². The predicted molar refractivity (Wildman–Crippen MR) is 116 cm³/mol. The number of alkyl halides is 3. The molecule has 0 radical (unpaired) electrons. The molecule has 4 heterocycles. The maximum atomic E-state index is 13.7. The molecule has 6 nitrogen and oxygen atoms in total. The van der Waals surface area contributed by atoms with E-state index >= 15 is 0 Å². The van der Waals surface area contributed by atoms with E-state index < -0.39 is 23.5 Å². The lowest BCUT2D eigenvalue weighted by atomic mass is 9.87. The van der Waals surface area contributed by atoms with Crippen LogP contribution in [0.15, 0.2) is 49.1 Å². The summed E-state index contributed by atoms with van der Waals surface area (Å²) in [4.78, 5) is 13.5. The van der Waals surface area contributed by atoms with E-state index in [1.165, 1.54) is 13.2 Å². The summed E-state index contributed by atoms with van der Waals surface area (Å²) in [6.45, 7) is 2.51. The van der Waals surface area contributed by atoms with E-state index in [2.05, 4.69) is 15.0 Å². The van der Waals surface area contributed by atoms with Gasteiger partial charge in [0.2, 0.25) is 5.88 Å². The molecule has 0 saturated carbocycles. The van der Waals surface area contributed by atoms with Crippen LogP contribution in [-0.4, -0.2) is 31.2 Å². The molecule has 1 aromatic carbocycles. The van der Waals surface area contributed by atoms with Crippen molar-refractivity contribution in [1.29, 1.82) is 0 Å². The Morgan fingerprint density at radius 1 is 1.06 bits per heavy atom. The number of aromatic nitrogens is 5. The lowest BCUT2D eigenvalue weighted by molar-refractivity contribution is -0.138. The van der Waals surface area contributed by atoms with E-state index in [0.717, 1.165) is 11.8 Å². The zero-order valence-corrected chi connectivity index (χ0v) is 18.5. The molecule has 1 aliphatic rings. The van der Waals surface area contributed by atoms with Crippen molar-refractivity contribution in [2.75, 3.05) is 7.11 Å². The first kappa shape index (κ1) is 22.1. The minimum Gasteiger partial charge on any atom is -0.479 e. The highest BCUT2D eigenvalue weighted by Gasteiger charge is 2.38. The Kier molecular flexibility index (Phi) is 5.38. The van der Waals surface area contributed by atoms with E-state index in [4.69, 9.17) is 4.74 Å². The average Bonchev–Trinajstić information content (AvgIpc) is 3.44. The van der Waals surface area contributed by atoms with Crippen molar-refractivity contribution in [2.24, 2.45) is 0 Å². The molecule has 0 bridgehead atoms. The standard InChI is InChI=1S/C24H21F4N5O/c1-14-11-33(13-29-14)21-8-7-19(31-23(21)34-2)20-12-32-9-3-4-17(22(32)30-20)16-6-5-15(25)10-18(16)24(26,27)28/h5-8,10-13,17H,3-4,9H2,1-2H3/t17-/m1/s1. The van der Waals surface area contributed by atoms with E-state index in [-0.39, 0.29) is 5.56 Å². The highest BCUT2D eigenvalue weighted by Crippen LogP contribution is 2.41. The summed E-state index contributed by atoms with van der Waals surface area (Å²) in [5, 5.41) is 0. The van der Waals surface area contributed by atoms with Crippen LogP contribution in [0.1, 0.15) is 41.4 Å². The zero-order chi connectivity index (χ0) is 24.0. The lowest BCUT2D eigenvalue weighted by Gasteiger charge is -2.26. The monoisotopic (exact) mass is 471 g/mol. The van der Waals surface area contributed by atoms with Gasteiger partial charge in [-0.25, -0.2) is 19.3 Å². The number of halogens is 4. The van der Waals surface area contributed by atoms with E-state index in [1.807, 2.05) is 23.8 Å². The first-order chi connectivity index (χ1) is 16.2. The fourth-order valence-corrected chi connectivity index (χ4v) is 4.45. The molecule has 3 aromatic heterocycles. The quantitative estimate of drug-likeness (QED) is 0.367. The first-order valence-electron chi connectivity index (χ1n) is 10.7. The Labute approximate surface area is 192 Å². The number of aryl methyl sites for hydroxylation is 2. The third-order valence-corrected chi connectivity index (χ3v) is 5.99. The largest absolute Gasteiger partial charge is 0.479 e. The topological polar surface area (TPSA) is 57.8 Å². The van der Waals surface area contributed by atoms with Crippen LogP contribution in [0.5, 0.6) is 5.88 Å². The summed E-state index contributed by atoms with van der Waals surface area (Å²) >= 11 is 0. The smallest absolute Gasteiger partial charge is 0.416 e. The van der Waals surface area contributed by atoms with E-state index in [0.29, 0.717) is 54.2 Å². The number of ether oxygens (including phenoxy) is 1. The highest BCUT2D eigenvalue weighted by molar-refractivity contribution is 5.59. The summed E-state index contributed by atoms with van der Waals surface area (Å²) in [5.41, 5.74) is 1.68. The summed E-state index contributed by atoms with van der Waals surface area (Å²) in [5.74, 6) is -0.640. The number of nitrogens with zero attached hydrogens (tertiary/aromatic N) is 5. The van der Waals surface area contributed by atoms with Gasteiger partial charge in [0.1, 0.15) is 23.0 Å². The van der Waals surface area contributed by atoms with Crippen molar-refractivity contribution < 1.29 is 22.3 Å². The number of hydrogen-bond acceptors (Lipinski definition) is 4. The molecule has 1 aliphatic heterocycles. The van der Waals surface area contributed by atoms with Gasteiger partial charge >= 0.3 is 6.18 Å². The van der Waals surface area contributed by atoms with Gasteiger partial charge in [-0.05, 0) is 49.6 Å². The molecule has 0 spiro atoms. The van der Waals surface area contributed by atoms with Gasteiger partial charge in [0.15, 0.2) is 0 Å². The fraction of sp³-hybridized carbons (Fsp3) is 0.292. The molecule has 0 unspecified atom stereocenters. The normalized spacial score (nSPS) is 15.9. The van der Waals surface area contributed by atoms with Crippen molar-refractivity contribution >= 4 is 0 Å². The molecule has 176 valence electrons. The van der Waals surface area contributed by atoms with Crippen LogP contribution in [0, 0.1) is 12.7 Å². The number of pyridine rings is 1. The second kappa shape index (κ2) is 8.27. The van der Waals surface area contributed by atoms with Gasteiger partial charge in [0.05, 0.1) is 30.4 Å². The number of benzene rings is 1. The molecular formula is C24H21F4N5O. The number of rotatable bonds is 4. The Morgan fingerprint density at radius 3 is 2.59 bits per heavy atom. The van der Waals surface area contributed by atoms with Gasteiger partial charge in [-0.15, -0.1) is 0 Å². The molecule has 4 aromatic rings. The summed E-state index contributed by atoms with van der Waals surface area (Å²) in [6.07, 6.45) is 1.81. The highest BCUT2D eigenvalue weighted by atomic mass is 19.4. The van der Waals surface area contributed by atoms with Crippen LogP contribution in [0.25, 0.3) is 17.1 Å². The van der Waals surface area contributed by atoms with Gasteiger partial charge < -0.3 is 13.9 Å². The molecule has 0 N–H and O–H groups in total. The Morgan fingerprint density at radius 2 is 1.88 bits per heavy atom. The number of fused-ring (bicyclic) bond motifs is 1. The molecular weight excluding hydrogens is 450 g/mol.